The van der Waals surface area contributed by atoms with Crippen LogP contribution in [0.15, 0.2) is 42.9 Å². The fourth-order valence-electron chi connectivity index (χ4n) is 2.63. The fraction of sp³-hybridized carbons (Fsp3) is 0.188. The lowest BCUT2D eigenvalue weighted by Crippen LogP contribution is -2.56. The molecule has 3 aromatic rings. The minimum atomic E-state index is -0.0964. The highest BCUT2D eigenvalue weighted by Crippen LogP contribution is 2.26. The number of H-pyrrole nitrogens is 1. The molecule has 2 aromatic heterocycles. The van der Waals surface area contributed by atoms with Gasteiger partial charge in [0.1, 0.15) is 29.0 Å². The number of hydrogen-bond acceptors (Lipinski definition) is 4. The van der Waals surface area contributed by atoms with Gasteiger partial charge in [0.15, 0.2) is 0 Å². The Labute approximate surface area is 137 Å². The molecule has 0 aliphatic carbocycles. The van der Waals surface area contributed by atoms with Crippen molar-refractivity contribution in [3.05, 3.63) is 53.6 Å². The predicted octanol–water partition coefficient (Wildman–Crippen LogP) is 2.51. The Morgan fingerprint density at radius 1 is 1.26 bits per heavy atom. The second-order valence-corrected chi connectivity index (χ2v) is 5.71. The smallest absolute Gasteiger partial charge is 0.256 e. The Balaban J connectivity index is 1.47. The number of nitrogens with zero attached hydrogens (tertiary/aromatic N) is 3. The molecule has 0 saturated carbocycles. The topological polar surface area (TPSA) is 71.1 Å². The molecular formula is C16H13ClN4O2. The molecule has 0 bridgehead atoms. The molecule has 1 aliphatic rings. The second-order valence-electron chi connectivity index (χ2n) is 5.35. The van der Waals surface area contributed by atoms with Crippen molar-refractivity contribution in [2.24, 2.45) is 0 Å². The highest BCUT2D eigenvalue weighted by molar-refractivity contribution is 6.35. The SMILES string of the molecule is O=C(c1c[nH]c2ncnc(Cl)c12)N1CC(Oc2ccccc2)C1. The maximum atomic E-state index is 12.6. The number of amides is 1. The lowest BCUT2D eigenvalue weighted by Gasteiger charge is -2.38. The van der Waals surface area contributed by atoms with Crippen molar-refractivity contribution in [2.45, 2.75) is 6.10 Å². The van der Waals surface area contributed by atoms with Gasteiger partial charge in [-0.2, -0.15) is 0 Å². The Morgan fingerprint density at radius 2 is 2.04 bits per heavy atom. The number of aromatic nitrogens is 3. The van der Waals surface area contributed by atoms with Gasteiger partial charge >= 0.3 is 0 Å². The first-order valence-corrected chi connectivity index (χ1v) is 7.59. The van der Waals surface area contributed by atoms with E-state index in [0.29, 0.717) is 29.7 Å². The zero-order chi connectivity index (χ0) is 15.8. The van der Waals surface area contributed by atoms with Crippen molar-refractivity contribution < 1.29 is 9.53 Å². The number of hydrogen-bond donors (Lipinski definition) is 1. The molecule has 1 aromatic carbocycles. The van der Waals surface area contributed by atoms with Gasteiger partial charge in [-0.15, -0.1) is 0 Å². The summed E-state index contributed by atoms with van der Waals surface area (Å²) in [7, 11) is 0. The molecule has 7 heteroatoms. The molecule has 1 aliphatic heterocycles. The maximum absolute atomic E-state index is 12.6. The van der Waals surface area contributed by atoms with Crippen LogP contribution in [0.2, 0.25) is 5.15 Å². The monoisotopic (exact) mass is 328 g/mol. The molecule has 0 spiro atoms. The van der Waals surface area contributed by atoms with E-state index in [2.05, 4.69) is 15.0 Å². The summed E-state index contributed by atoms with van der Waals surface area (Å²) in [6.45, 7) is 1.09. The van der Waals surface area contributed by atoms with Gasteiger partial charge in [0.25, 0.3) is 5.91 Å². The van der Waals surface area contributed by atoms with Crippen molar-refractivity contribution in [3.63, 3.8) is 0 Å². The number of fused-ring (bicyclic) bond motifs is 1. The summed E-state index contributed by atoms with van der Waals surface area (Å²) >= 11 is 6.08. The number of ether oxygens (including phenoxy) is 1. The average molecular weight is 329 g/mol. The lowest BCUT2D eigenvalue weighted by molar-refractivity contribution is 0.0179. The minimum absolute atomic E-state index is 0.0123. The third-order valence-corrected chi connectivity index (χ3v) is 4.12. The first-order chi connectivity index (χ1) is 11.2. The Kier molecular flexibility index (Phi) is 3.38. The molecule has 4 rings (SSSR count). The molecule has 1 saturated heterocycles. The van der Waals surface area contributed by atoms with Crippen LogP contribution >= 0.6 is 11.6 Å². The van der Waals surface area contributed by atoms with E-state index in [4.69, 9.17) is 16.3 Å². The summed E-state index contributed by atoms with van der Waals surface area (Å²) in [4.78, 5) is 25.3. The Hall–Kier alpha value is -2.60. The average Bonchev–Trinajstić information content (AvgIpc) is 2.96. The first-order valence-electron chi connectivity index (χ1n) is 7.21. The van der Waals surface area contributed by atoms with Gasteiger partial charge in [-0.3, -0.25) is 4.79 Å². The molecule has 0 radical (unpaired) electrons. The highest BCUT2D eigenvalue weighted by atomic mass is 35.5. The normalized spacial score (nSPS) is 14.7. The van der Waals surface area contributed by atoms with Crippen LogP contribution in [0.4, 0.5) is 0 Å². The third kappa shape index (κ3) is 2.51. The van der Waals surface area contributed by atoms with E-state index in [9.17, 15) is 4.79 Å². The first kappa shape index (κ1) is 14.0. The molecular weight excluding hydrogens is 316 g/mol. The van der Waals surface area contributed by atoms with Crippen LogP contribution in [0.25, 0.3) is 11.0 Å². The molecule has 1 amide bonds. The van der Waals surface area contributed by atoms with E-state index in [-0.39, 0.29) is 17.2 Å². The van der Waals surface area contributed by atoms with E-state index >= 15 is 0 Å². The lowest BCUT2D eigenvalue weighted by atomic mass is 10.1. The van der Waals surface area contributed by atoms with Crippen molar-refractivity contribution in [2.75, 3.05) is 13.1 Å². The summed E-state index contributed by atoms with van der Waals surface area (Å²) < 4.78 is 5.81. The van der Waals surface area contributed by atoms with Crippen molar-refractivity contribution in [3.8, 4) is 5.75 Å². The van der Waals surface area contributed by atoms with E-state index in [1.54, 1.807) is 11.1 Å². The highest BCUT2D eigenvalue weighted by Gasteiger charge is 2.34. The molecule has 1 fully saturated rings. The van der Waals surface area contributed by atoms with Gasteiger partial charge in [-0.25, -0.2) is 9.97 Å². The van der Waals surface area contributed by atoms with Crippen LogP contribution < -0.4 is 4.74 Å². The van der Waals surface area contributed by atoms with Gasteiger partial charge in [0, 0.05) is 6.20 Å². The molecule has 116 valence electrons. The Bertz CT molecular complexity index is 859. The number of halogens is 1. The maximum Gasteiger partial charge on any atom is 0.256 e. The van der Waals surface area contributed by atoms with Crippen LogP contribution in [-0.4, -0.2) is 45.0 Å². The molecule has 1 N–H and O–H groups in total. The van der Waals surface area contributed by atoms with Crippen molar-refractivity contribution >= 4 is 28.5 Å². The standard InChI is InChI=1S/C16H13ClN4O2/c17-14-13-12(6-18-15(13)20-9-19-14)16(22)21-7-11(8-21)23-10-4-2-1-3-5-10/h1-6,9,11H,7-8H2,(H,18,19,20). The van der Waals surface area contributed by atoms with E-state index in [1.165, 1.54) is 6.33 Å². The van der Waals surface area contributed by atoms with E-state index in [0.717, 1.165) is 5.75 Å². The van der Waals surface area contributed by atoms with Gasteiger partial charge in [-0.1, -0.05) is 29.8 Å². The number of para-hydroxylation sites is 1. The second kappa shape index (κ2) is 5.55. The zero-order valence-electron chi connectivity index (χ0n) is 12.1. The molecule has 0 unspecified atom stereocenters. The Morgan fingerprint density at radius 3 is 2.83 bits per heavy atom. The largest absolute Gasteiger partial charge is 0.487 e. The quantitative estimate of drug-likeness (QED) is 0.750. The molecule has 6 nitrogen and oxygen atoms in total. The predicted molar refractivity (Wildman–Crippen MR) is 85.7 cm³/mol. The summed E-state index contributed by atoms with van der Waals surface area (Å²) in [6, 6.07) is 9.59. The van der Waals surface area contributed by atoms with E-state index in [1.807, 2.05) is 30.3 Å². The fourth-order valence-corrected chi connectivity index (χ4v) is 2.87. The number of carbonyl (C=O) groups is 1. The summed E-state index contributed by atoms with van der Waals surface area (Å²) in [5.74, 6) is 0.717. The van der Waals surface area contributed by atoms with Gasteiger partial charge < -0.3 is 14.6 Å². The van der Waals surface area contributed by atoms with Crippen LogP contribution in [0.1, 0.15) is 10.4 Å². The molecule has 0 atom stereocenters. The third-order valence-electron chi connectivity index (χ3n) is 3.84. The molecule has 3 heterocycles. The van der Waals surface area contributed by atoms with Crippen LogP contribution in [-0.2, 0) is 0 Å². The van der Waals surface area contributed by atoms with Crippen LogP contribution in [0.5, 0.6) is 5.75 Å². The number of aromatic amines is 1. The van der Waals surface area contributed by atoms with Gasteiger partial charge in [-0.05, 0) is 12.1 Å². The number of nitrogens with one attached hydrogen (secondary N) is 1. The van der Waals surface area contributed by atoms with Crippen molar-refractivity contribution in [1.82, 2.24) is 19.9 Å². The van der Waals surface area contributed by atoms with E-state index < -0.39 is 0 Å². The minimum Gasteiger partial charge on any atom is -0.487 e. The summed E-state index contributed by atoms with van der Waals surface area (Å²) in [5.41, 5.74) is 1.05. The number of rotatable bonds is 3. The number of carbonyl (C=O) groups excluding carboxylic acids is 1. The summed E-state index contributed by atoms with van der Waals surface area (Å²) in [5, 5.41) is 0.837. The van der Waals surface area contributed by atoms with Crippen molar-refractivity contribution in [1.29, 1.82) is 0 Å². The van der Waals surface area contributed by atoms with Gasteiger partial charge in [0.2, 0.25) is 0 Å². The number of benzene rings is 1. The number of likely N-dealkylation sites (tertiary alicyclic amines) is 1. The summed E-state index contributed by atoms with van der Waals surface area (Å²) in [6.07, 6.45) is 3.00. The van der Waals surface area contributed by atoms with Crippen LogP contribution in [0, 0.1) is 0 Å². The zero-order valence-corrected chi connectivity index (χ0v) is 12.8. The van der Waals surface area contributed by atoms with Crippen LogP contribution in [0.3, 0.4) is 0 Å². The van der Waals surface area contributed by atoms with Gasteiger partial charge in [0.05, 0.1) is 24.0 Å². The molecule has 23 heavy (non-hydrogen) atoms.